The second-order valence-electron chi connectivity index (χ2n) is 7.86. The van der Waals surface area contributed by atoms with Crippen molar-refractivity contribution in [3.05, 3.63) is 54.2 Å². The molecule has 1 aromatic heterocycles. The van der Waals surface area contributed by atoms with Crippen molar-refractivity contribution in [2.75, 3.05) is 45.2 Å². The molecule has 0 radical (unpaired) electrons. The lowest BCUT2D eigenvalue weighted by Gasteiger charge is -2.33. The van der Waals surface area contributed by atoms with Gasteiger partial charge in [-0.15, -0.1) is 0 Å². The SMILES string of the molecule is CCc1ccc2[nH+]cc(S(=O)(=O)c3ccc(OC)cc3)c(N3CC[NH+](C)CC3)c2c1. The number of hydrogen-bond acceptors (Lipinski definition) is 4. The number of hydrogen-bond donors (Lipinski definition) is 1. The van der Waals surface area contributed by atoms with Crippen LogP contribution in [-0.2, 0) is 16.3 Å². The summed E-state index contributed by atoms with van der Waals surface area (Å²) < 4.78 is 32.5. The lowest BCUT2D eigenvalue weighted by Crippen LogP contribution is -3.12. The summed E-state index contributed by atoms with van der Waals surface area (Å²) in [5.74, 6) is 0.633. The highest BCUT2D eigenvalue weighted by atomic mass is 32.2. The molecule has 3 aromatic rings. The normalized spacial score (nSPS) is 15.5. The predicted octanol–water partition coefficient (Wildman–Crippen LogP) is 1.39. The van der Waals surface area contributed by atoms with Gasteiger partial charge in [0, 0.05) is 6.07 Å². The van der Waals surface area contributed by atoms with Crippen molar-refractivity contribution in [2.45, 2.75) is 23.1 Å². The molecule has 7 heteroatoms. The van der Waals surface area contributed by atoms with E-state index in [1.165, 1.54) is 10.5 Å². The van der Waals surface area contributed by atoms with Crippen LogP contribution >= 0.6 is 0 Å². The van der Waals surface area contributed by atoms with Gasteiger partial charge in [-0.05, 0) is 42.3 Å². The van der Waals surface area contributed by atoms with Crippen molar-refractivity contribution in [2.24, 2.45) is 0 Å². The summed E-state index contributed by atoms with van der Waals surface area (Å²) >= 11 is 0. The topological polar surface area (TPSA) is 65.2 Å². The van der Waals surface area contributed by atoms with Crippen LogP contribution in [0.5, 0.6) is 5.75 Å². The van der Waals surface area contributed by atoms with Crippen molar-refractivity contribution < 1.29 is 23.0 Å². The zero-order valence-corrected chi connectivity index (χ0v) is 18.6. The van der Waals surface area contributed by atoms with Crippen molar-refractivity contribution >= 4 is 26.4 Å². The summed E-state index contributed by atoms with van der Waals surface area (Å²) in [5, 5.41) is 0.962. The van der Waals surface area contributed by atoms with Crippen LogP contribution in [0.3, 0.4) is 0 Å². The number of benzene rings is 2. The van der Waals surface area contributed by atoms with Gasteiger partial charge in [-0.3, -0.25) is 0 Å². The van der Waals surface area contributed by atoms with Crippen LogP contribution in [0.15, 0.2) is 58.5 Å². The number of nitrogens with one attached hydrogen (secondary N) is 2. The summed E-state index contributed by atoms with van der Waals surface area (Å²) in [5.41, 5.74) is 2.94. The largest absolute Gasteiger partial charge is 0.497 e. The minimum absolute atomic E-state index is 0.267. The molecule has 2 N–H and O–H groups in total. The Kier molecular flexibility index (Phi) is 5.66. The number of H-pyrrole nitrogens is 1. The van der Waals surface area contributed by atoms with Gasteiger partial charge in [-0.1, -0.05) is 13.0 Å². The number of piperazine rings is 1. The zero-order valence-electron chi connectivity index (χ0n) is 17.7. The van der Waals surface area contributed by atoms with E-state index in [9.17, 15) is 8.42 Å². The standard InChI is InChI=1S/C23H27N3O3S/c1-4-17-5-10-21-20(15-17)23(26-13-11-25(2)12-14-26)22(16-24-21)30(27,28)19-8-6-18(29-3)7-9-19/h5-10,15-16H,4,11-14H2,1-3H3/p+2. The lowest BCUT2D eigenvalue weighted by molar-refractivity contribution is -0.880. The van der Waals surface area contributed by atoms with E-state index in [2.05, 4.69) is 36.0 Å². The molecule has 0 saturated carbocycles. The maximum atomic E-state index is 13.7. The Balaban J connectivity index is 1.92. The van der Waals surface area contributed by atoms with Crippen LogP contribution in [0.1, 0.15) is 12.5 Å². The van der Waals surface area contributed by atoms with Crippen LogP contribution in [-0.4, -0.2) is 48.8 Å². The number of anilines is 1. The molecule has 0 amide bonds. The number of sulfone groups is 1. The average molecular weight is 428 g/mol. The average Bonchev–Trinajstić information content (AvgIpc) is 2.78. The minimum atomic E-state index is -3.70. The van der Waals surface area contributed by atoms with E-state index in [4.69, 9.17) is 4.74 Å². The number of methoxy groups -OCH3 is 1. The fraction of sp³-hybridized carbons (Fsp3) is 0.348. The van der Waals surface area contributed by atoms with Gasteiger partial charge >= 0.3 is 0 Å². The van der Waals surface area contributed by atoms with E-state index in [0.29, 0.717) is 10.6 Å². The number of rotatable bonds is 5. The zero-order chi connectivity index (χ0) is 21.3. The maximum absolute atomic E-state index is 13.7. The number of aryl methyl sites for hydroxylation is 1. The summed E-state index contributed by atoms with van der Waals surface area (Å²) in [4.78, 5) is 7.52. The number of pyridine rings is 1. The molecule has 1 fully saturated rings. The Hall–Kier alpha value is -2.64. The maximum Gasteiger partial charge on any atom is 0.214 e. The van der Waals surface area contributed by atoms with Gasteiger partial charge in [0.1, 0.15) is 5.75 Å². The number of quaternary nitrogens is 1. The van der Waals surface area contributed by atoms with Crippen LogP contribution in [0.4, 0.5) is 5.69 Å². The molecule has 0 bridgehead atoms. The minimum Gasteiger partial charge on any atom is -0.497 e. The van der Waals surface area contributed by atoms with Crippen molar-refractivity contribution in [3.8, 4) is 5.75 Å². The smallest absolute Gasteiger partial charge is 0.214 e. The third kappa shape index (κ3) is 3.75. The molecule has 30 heavy (non-hydrogen) atoms. The van der Waals surface area contributed by atoms with E-state index in [-0.39, 0.29) is 4.90 Å². The van der Waals surface area contributed by atoms with Crippen molar-refractivity contribution in [1.82, 2.24) is 0 Å². The van der Waals surface area contributed by atoms with Crippen LogP contribution < -0.4 is 19.5 Å². The fourth-order valence-electron chi connectivity index (χ4n) is 4.00. The number of aromatic amines is 1. The first-order valence-corrected chi connectivity index (χ1v) is 11.8. The molecule has 4 rings (SSSR count). The highest BCUT2D eigenvalue weighted by Gasteiger charge is 2.31. The summed E-state index contributed by atoms with van der Waals surface area (Å²) in [6.45, 7) is 5.73. The lowest BCUT2D eigenvalue weighted by atomic mass is 10.1. The molecule has 158 valence electrons. The third-order valence-corrected chi connectivity index (χ3v) is 7.71. The molecule has 0 unspecified atom stereocenters. The predicted molar refractivity (Wildman–Crippen MR) is 117 cm³/mol. The molecule has 0 aliphatic carbocycles. The van der Waals surface area contributed by atoms with Crippen molar-refractivity contribution in [3.63, 3.8) is 0 Å². The Morgan fingerprint density at radius 1 is 1.10 bits per heavy atom. The molecule has 0 atom stereocenters. The number of ether oxygens (including phenoxy) is 1. The second-order valence-corrected chi connectivity index (χ2v) is 9.78. The summed E-state index contributed by atoms with van der Waals surface area (Å²) in [6.07, 6.45) is 2.55. The highest BCUT2D eigenvalue weighted by Crippen LogP contribution is 2.35. The highest BCUT2D eigenvalue weighted by molar-refractivity contribution is 7.91. The number of aromatic nitrogens is 1. The van der Waals surface area contributed by atoms with E-state index < -0.39 is 9.84 Å². The van der Waals surface area contributed by atoms with E-state index in [0.717, 1.165) is 49.2 Å². The van der Waals surface area contributed by atoms with Gasteiger partial charge in [0.2, 0.25) is 15.4 Å². The van der Waals surface area contributed by atoms with Gasteiger partial charge in [0.05, 0.1) is 56.3 Å². The molecule has 1 aliphatic rings. The third-order valence-electron chi connectivity index (χ3n) is 5.93. The van der Waals surface area contributed by atoms with Gasteiger partial charge in [0.15, 0.2) is 11.1 Å². The van der Waals surface area contributed by atoms with E-state index in [1.54, 1.807) is 37.6 Å². The monoisotopic (exact) mass is 427 g/mol. The first-order valence-electron chi connectivity index (χ1n) is 10.4. The quantitative estimate of drug-likeness (QED) is 0.668. The van der Waals surface area contributed by atoms with Gasteiger partial charge in [0.25, 0.3) is 0 Å². The Labute approximate surface area is 178 Å². The molecule has 2 heterocycles. The van der Waals surface area contributed by atoms with E-state index in [1.807, 2.05) is 6.07 Å². The Morgan fingerprint density at radius 3 is 2.43 bits per heavy atom. The Bertz CT molecular complexity index is 1150. The van der Waals surface area contributed by atoms with Crippen LogP contribution in [0.2, 0.25) is 0 Å². The molecule has 1 saturated heterocycles. The van der Waals surface area contributed by atoms with Crippen molar-refractivity contribution in [1.29, 1.82) is 0 Å². The number of nitrogens with zero attached hydrogens (tertiary/aromatic N) is 1. The Morgan fingerprint density at radius 2 is 1.80 bits per heavy atom. The molecule has 6 nitrogen and oxygen atoms in total. The molecule has 0 spiro atoms. The van der Waals surface area contributed by atoms with Gasteiger partial charge < -0.3 is 14.5 Å². The molecular weight excluding hydrogens is 398 g/mol. The number of likely N-dealkylation sites (N-methyl/N-ethyl adjacent to an activating group) is 1. The number of fused-ring (bicyclic) bond motifs is 1. The second kappa shape index (κ2) is 8.24. The summed E-state index contributed by atoms with van der Waals surface area (Å²) in [6, 6.07) is 12.9. The van der Waals surface area contributed by atoms with Crippen LogP contribution in [0, 0.1) is 0 Å². The first kappa shape index (κ1) is 20.6. The summed E-state index contributed by atoms with van der Waals surface area (Å²) in [7, 11) is 0.0452. The molecular formula is C23H29N3O3S+2. The van der Waals surface area contributed by atoms with Gasteiger partial charge in [-0.2, -0.15) is 0 Å². The van der Waals surface area contributed by atoms with Gasteiger partial charge in [-0.25, -0.2) is 13.4 Å². The fourth-order valence-corrected chi connectivity index (χ4v) is 5.46. The molecule has 2 aromatic carbocycles. The van der Waals surface area contributed by atoms with E-state index >= 15 is 0 Å². The first-order chi connectivity index (χ1) is 14.4. The molecule has 1 aliphatic heterocycles. The van der Waals surface area contributed by atoms with Crippen LogP contribution in [0.25, 0.3) is 10.9 Å².